The molecular weight excluding hydrogens is 616 g/mol. The fraction of sp³-hybridized carbons (Fsp3) is 0.769. The summed E-state index contributed by atoms with van der Waals surface area (Å²) in [5.41, 5.74) is 0.918. The van der Waals surface area contributed by atoms with Gasteiger partial charge in [-0.3, -0.25) is 9.59 Å². The summed E-state index contributed by atoms with van der Waals surface area (Å²) < 4.78 is 25.3. The predicted molar refractivity (Wildman–Crippen MR) is 150 cm³/mol. The largest absolute Gasteiger partial charge is 0.394 e. The molecular formula is C26H42N8O12. The monoisotopic (exact) mass is 658 g/mol. The molecule has 0 aliphatic carbocycles. The molecule has 8 N–H and O–H groups in total. The molecule has 0 aromatic carbocycles. The Morgan fingerprint density at radius 3 is 1.48 bits per heavy atom. The number of hydrogen-bond donors (Lipinski definition) is 8. The van der Waals surface area contributed by atoms with E-state index in [1.165, 1.54) is 35.6 Å². The lowest BCUT2D eigenvalue weighted by atomic mass is 9.96. The van der Waals surface area contributed by atoms with Crippen LogP contribution >= 0.6 is 0 Å². The maximum Gasteiger partial charge on any atom is 0.217 e. The Morgan fingerprint density at radius 1 is 0.739 bits per heavy atom. The molecule has 2 saturated heterocycles. The second-order valence-electron chi connectivity index (χ2n) is 11.1. The maximum absolute atomic E-state index is 11.6. The number of aliphatic hydroxyl groups is 6. The van der Waals surface area contributed by atoms with E-state index in [-0.39, 0.29) is 13.2 Å². The fourth-order valence-electron chi connectivity index (χ4n) is 5.20. The van der Waals surface area contributed by atoms with E-state index < -0.39 is 86.2 Å². The highest BCUT2D eigenvalue weighted by Crippen LogP contribution is 2.29. The second-order valence-corrected chi connectivity index (χ2v) is 11.1. The van der Waals surface area contributed by atoms with Crippen molar-refractivity contribution in [3.8, 4) is 0 Å². The first-order valence-corrected chi connectivity index (χ1v) is 14.8. The number of amides is 2. The molecule has 4 rings (SSSR count). The van der Waals surface area contributed by atoms with E-state index in [4.69, 9.17) is 18.9 Å². The third kappa shape index (κ3) is 8.79. The number of nitrogens with zero attached hydrogens (tertiary/aromatic N) is 6. The van der Waals surface area contributed by atoms with E-state index >= 15 is 0 Å². The summed E-state index contributed by atoms with van der Waals surface area (Å²) in [6.45, 7) is 2.46. The van der Waals surface area contributed by atoms with E-state index in [9.17, 15) is 40.2 Å². The van der Waals surface area contributed by atoms with Crippen LogP contribution in [0.5, 0.6) is 0 Å². The lowest BCUT2D eigenvalue weighted by Gasteiger charge is -2.42. The van der Waals surface area contributed by atoms with Gasteiger partial charge in [0.2, 0.25) is 11.8 Å². The minimum atomic E-state index is -1.41. The zero-order valence-corrected chi connectivity index (χ0v) is 25.4. The average Bonchev–Trinajstić information content (AvgIpc) is 3.69. The van der Waals surface area contributed by atoms with Gasteiger partial charge in [0.25, 0.3) is 0 Å². The van der Waals surface area contributed by atoms with E-state index in [0.29, 0.717) is 37.4 Å². The molecule has 2 amide bonds. The normalized spacial score (nSPS) is 31.5. The topological polar surface area (TPSA) is 278 Å². The van der Waals surface area contributed by atoms with Crippen LogP contribution in [-0.2, 0) is 41.8 Å². The van der Waals surface area contributed by atoms with Crippen molar-refractivity contribution in [1.29, 1.82) is 0 Å². The summed E-state index contributed by atoms with van der Waals surface area (Å²) in [6.07, 6.45) is -5.47. The molecule has 0 bridgehead atoms. The van der Waals surface area contributed by atoms with Crippen LogP contribution in [0.25, 0.3) is 0 Å². The average molecular weight is 659 g/mol. The van der Waals surface area contributed by atoms with Crippen LogP contribution in [0, 0.1) is 0 Å². The van der Waals surface area contributed by atoms with Crippen LogP contribution in [0.1, 0.15) is 50.5 Å². The fourth-order valence-corrected chi connectivity index (χ4v) is 5.20. The van der Waals surface area contributed by atoms with Crippen molar-refractivity contribution >= 4 is 11.8 Å². The van der Waals surface area contributed by atoms with Gasteiger partial charge in [-0.15, -0.1) is 10.2 Å². The van der Waals surface area contributed by atoms with Crippen molar-refractivity contribution in [1.82, 2.24) is 40.6 Å². The Balaban J connectivity index is 1.18. The van der Waals surface area contributed by atoms with Crippen LogP contribution in [-0.4, -0.2) is 148 Å². The molecule has 258 valence electrons. The third-order valence-electron chi connectivity index (χ3n) is 7.50. The lowest BCUT2D eigenvalue weighted by Crippen LogP contribution is -2.62. The molecule has 4 heterocycles. The predicted octanol–water partition coefficient (Wildman–Crippen LogP) is -4.38. The SMILES string of the molecule is CC(=O)N[C@@H]1[C@@H](O)[C@H](O)[C@@H](CO)O[C@H]1n1cc(COCCCCOCc2cn([C@@H]3O[C@H](CO)[C@@H](O)[C@H](O)[C@H]3NC(C)=O)nn2)nn1. The smallest absolute Gasteiger partial charge is 0.217 e. The van der Waals surface area contributed by atoms with Gasteiger partial charge in [-0.1, -0.05) is 10.4 Å². The van der Waals surface area contributed by atoms with E-state index in [2.05, 4.69) is 31.3 Å². The summed E-state index contributed by atoms with van der Waals surface area (Å²) in [5.74, 6) is -0.896. The van der Waals surface area contributed by atoms with Gasteiger partial charge >= 0.3 is 0 Å². The number of carbonyl (C=O) groups excluding carboxylic acids is 2. The van der Waals surface area contributed by atoms with Gasteiger partial charge in [-0.05, 0) is 12.8 Å². The van der Waals surface area contributed by atoms with Crippen molar-refractivity contribution in [2.75, 3.05) is 26.4 Å². The molecule has 0 saturated carbocycles. The Morgan fingerprint density at radius 2 is 1.13 bits per heavy atom. The lowest BCUT2D eigenvalue weighted by molar-refractivity contribution is -0.219. The summed E-state index contributed by atoms with van der Waals surface area (Å²) in [5, 5.41) is 81.5. The first-order valence-electron chi connectivity index (χ1n) is 14.8. The van der Waals surface area contributed by atoms with Crippen molar-refractivity contribution in [2.45, 2.75) is 101 Å². The maximum atomic E-state index is 11.6. The molecule has 2 fully saturated rings. The molecule has 20 heteroatoms. The van der Waals surface area contributed by atoms with Crippen LogP contribution in [0.2, 0.25) is 0 Å². The van der Waals surface area contributed by atoms with Crippen molar-refractivity contribution in [2.24, 2.45) is 0 Å². The van der Waals surface area contributed by atoms with Crippen molar-refractivity contribution in [3.05, 3.63) is 23.8 Å². The molecule has 10 atom stereocenters. The minimum absolute atomic E-state index is 0.127. The molecule has 0 spiro atoms. The number of carbonyl (C=O) groups is 2. The molecule has 0 radical (unpaired) electrons. The number of rotatable bonds is 15. The summed E-state index contributed by atoms with van der Waals surface area (Å²) >= 11 is 0. The van der Waals surface area contributed by atoms with Gasteiger partial charge in [0.15, 0.2) is 12.5 Å². The summed E-state index contributed by atoms with van der Waals surface area (Å²) in [6, 6.07) is -2.06. The molecule has 2 aliphatic heterocycles. The molecule has 20 nitrogen and oxygen atoms in total. The summed E-state index contributed by atoms with van der Waals surface area (Å²) in [4.78, 5) is 23.3. The first kappa shape index (κ1) is 35.7. The molecule has 0 unspecified atom stereocenters. The van der Waals surface area contributed by atoms with Crippen LogP contribution < -0.4 is 10.6 Å². The Hall–Kier alpha value is -3.18. The van der Waals surface area contributed by atoms with Crippen molar-refractivity contribution < 1.29 is 59.2 Å². The van der Waals surface area contributed by atoms with Crippen LogP contribution in [0.3, 0.4) is 0 Å². The van der Waals surface area contributed by atoms with Gasteiger partial charge in [-0.25, -0.2) is 9.36 Å². The standard InChI is InChI=1S/C26H42N8O12/c1-13(37)27-19-23(41)21(39)17(9-35)45-25(19)33-7-15(29-31-33)11-43-5-3-4-6-44-12-16-8-34(32-30-16)26-20(28-14(2)38)24(42)22(40)18(10-36)46-26/h7-8,17-26,35-36,39-42H,3-6,9-12H2,1-2H3,(H,27,37)(H,28,38)/t17-,18-,19-,20-,21-,22-,23-,24-,25-,26-/m1/s1. The quantitative estimate of drug-likeness (QED) is 0.0839. The number of aromatic nitrogens is 6. The number of nitrogens with one attached hydrogen (secondary N) is 2. The number of aliphatic hydroxyl groups excluding tert-OH is 6. The molecule has 46 heavy (non-hydrogen) atoms. The van der Waals surface area contributed by atoms with Crippen molar-refractivity contribution in [3.63, 3.8) is 0 Å². The van der Waals surface area contributed by atoms with Gasteiger partial charge in [-0.2, -0.15) is 0 Å². The highest BCUT2D eigenvalue weighted by Gasteiger charge is 2.47. The molecule has 2 aromatic heterocycles. The van der Waals surface area contributed by atoms with Gasteiger partial charge in [0.1, 0.15) is 60.1 Å². The molecule has 2 aliphatic rings. The Bertz CT molecular complexity index is 1170. The first-order chi connectivity index (χ1) is 22.0. The second kappa shape index (κ2) is 16.6. The zero-order valence-electron chi connectivity index (χ0n) is 25.4. The van der Waals surface area contributed by atoms with Crippen LogP contribution in [0.4, 0.5) is 0 Å². The number of hydrogen-bond acceptors (Lipinski definition) is 16. The molecule has 2 aromatic rings. The minimum Gasteiger partial charge on any atom is -0.394 e. The van der Waals surface area contributed by atoms with Crippen LogP contribution in [0.15, 0.2) is 12.4 Å². The van der Waals surface area contributed by atoms with Gasteiger partial charge in [0.05, 0.1) is 38.8 Å². The zero-order chi connectivity index (χ0) is 33.4. The van der Waals surface area contributed by atoms with E-state index in [1.54, 1.807) is 0 Å². The highest BCUT2D eigenvalue weighted by molar-refractivity contribution is 5.73. The summed E-state index contributed by atoms with van der Waals surface area (Å²) in [7, 11) is 0. The number of ether oxygens (including phenoxy) is 4. The number of unbranched alkanes of at least 4 members (excludes halogenated alkanes) is 1. The van der Waals surface area contributed by atoms with E-state index in [1.807, 2.05) is 0 Å². The van der Waals surface area contributed by atoms with E-state index in [0.717, 1.165) is 0 Å². The highest BCUT2D eigenvalue weighted by atomic mass is 16.6. The Kier molecular flexibility index (Phi) is 12.9. The van der Waals surface area contributed by atoms with Gasteiger partial charge in [0, 0.05) is 27.1 Å². The third-order valence-corrected chi connectivity index (χ3v) is 7.50. The van der Waals surface area contributed by atoms with Gasteiger partial charge < -0.3 is 60.2 Å². The Labute approximate surface area is 263 Å².